The van der Waals surface area contributed by atoms with Crippen molar-refractivity contribution in [1.82, 2.24) is 9.91 Å². The van der Waals surface area contributed by atoms with Crippen LogP contribution in [0.25, 0.3) is 0 Å². The predicted octanol–water partition coefficient (Wildman–Crippen LogP) is 5.35. The molecule has 0 aliphatic carbocycles. The van der Waals surface area contributed by atoms with E-state index >= 15 is 0 Å². The summed E-state index contributed by atoms with van der Waals surface area (Å²) in [5.74, 6) is 0.993. The van der Waals surface area contributed by atoms with Crippen LogP contribution in [0.2, 0.25) is 10.0 Å². The molecule has 146 valence electrons. The smallest absolute Gasteiger partial charge is 0.200 e. The fourth-order valence-electron chi connectivity index (χ4n) is 4.66. The largest absolute Gasteiger partial charge is 0.466 e. The Bertz CT molecular complexity index is 937. The Balaban J connectivity index is 1.56. The van der Waals surface area contributed by atoms with Gasteiger partial charge in [0.1, 0.15) is 5.75 Å². The number of hydrogen-bond acceptors (Lipinski definition) is 4. The average Bonchev–Trinajstić information content (AvgIpc) is 3.15. The van der Waals surface area contributed by atoms with Crippen molar-refractivity contribution in [3.8, 4) is 5.75 Å². The molecular formula is C22H23Cl2N3O. The van der Waals surface area contributed by atoms with E-state index in [0.29, 0.717) is 10.0 Å². The van der Waals surface area contributed by atoms with Crippen molar-refractivity contribution in [3.63, 3.8) is 0 Å². The van der Waals surface area contributed by atoms with Crippen molar-refractivity contribution in [1.29, 1.82) is 0 Å². The predicted molar refractivity (Wildman–Crippen MR) is 113 cm³/mol. The maximum atomic E-state index is 6.64. The molecule has 0 N–H and O–H groups in total. The second-order valence-electron chi connectivity index (χ2n) is 7.76. The van der Waals surface area contributed by atoms with E-state index in [-0.39, 0.29) is 11.8 Å². The molecule has 0 saturated carbocycles. The summed E-state index contributed by atoms with van der Waals surface area (Å²) >= 11 is 12.6. The van der Waals surface area contributed by atoms with E-state index in [1.807, 2.05) is 12.1 Å². The van der Waals surface area contributed by atoms with Crippen molar-refractivity contribution in [3.05, 3.63) is 63.6 Å². The third kappa shape index (κ3) is 2.90. The molecule has 0 unspecified atom stereocenters. The Morgan fingerprint density at radius 3 is 2.68 bits per heavy atom. The van der Waals surface area contributed by atoms with Gasteiger partial charge in [-0.25, -0.2) is 5.01 Å². The number of nitrogens with zero attached hydrogens (tertiary/aromatic N) is 3. The third-order valence-corrected chi connectivity index (χ3v) is 6.78. The average molecular weight is 416 g/mol. The Morgan fingerprint density at radius 2 is 1.93 bits per heavy atom. The highest BCUT2D eigenvalue weighted by Gasteiger charge is 2.51. The molecule has 28 heavy (non-hydrogen) atoms. The number of fused-ring (bicyclic) bond motifs is 4. The van der Waals surface area contributed by atoms with Gasteiger partial charge in [-0.3, -0.25) is 0 Å². The zero-order chi connectivity index (χ0) is 19.3. The molecule has 2 aromatic carbocycles. The quantitative estimate of drug-likeness (QED) is 0.661. The maximum absolute atomic E-state index is 6.64. The number of likely N-dealkylation sites (tertiary alicyclic amines) is 1. The van der Waals surface area contributed by atoms with Gasteiger partial charge in [0, 0.05) is 48.5 Å². The molecule has 3 aliphatic heterocycles. The summed E-state index contributed by atoms with van der Waals surface area (Å²) < 4.78 is 6.64. The SMILES string of the molecule is CCN1CCC2(CC1)Oc1ccccc1[C@@H]1CC(c3ccc(Cl)cc3Cl)=NN12. The Labute approximate surface area is 175 Å². The van der Waals surface area contributed by atoms with Crippen molar-refractivity contribution in [2.75, 3.05) is 19.6 Å². The standard InChI is InChI=1S/C22H23Cl2N3O/c1-2-26-11-9-22(10-12-26)27-20(17-5-3-4-6-21(17)28-22)14-19(25-27)16-8-7-15(23)13-18(16)24/h3-8,13,20H,2,9-12,14H2,1H3/t20-/m0/s1. The molecule has 1 saturated heterocycles. The van der Waals surface area contributed by atoms with Crippen LogP contribution in [-0.4, -0.2) is 41.0 Å². The second kappa shape index (κ2) is 6.94. The summed E-state index contributed by atoms with van der Waals surface area (Å²) in [4.78, 5) is 2.47. The van der Waals surface area contributed by atoms with Gasteiger partial charge in [0.2, 0.25) is 5.72 Å². The Morgan fingerprint density at radius 1 is 1.14 bits per heavy atom. The molecule has 1 atom stereocenters. The van der Waals surface area contributed by atoms with Crippen molar-refractivity contribution in [2.24, 2.45) is 5.10 Å². The monoisotopic (exact) mass is 415 g/mol. The number of ether oxygens (including phenoxy) is 1. The van der Waals surface area contributed by atoms with E-state index in [1.165, 1.54) is 5.56 Å². The molecule has 0 aromatic heterocycles. The number of piperidine rings is 1. The van der Waals surface area contributed by atoms with Crippen LogP contribution in [0.3, 0.4) is 0 Å². The topological polar surface area (TPSA) is 28.1 Å². The summed E-state index contributed by atoms with van der Waals surface area (Å²) in [6, 6.07) is 14.2. The summed E-state index contributed by atoms with van der Waals surface area (Å²) in [5, 5.41) is 8.59. The first kappa shape index (κ1) is 18.3. The minimum Gasteiger partial charge on any atom is -0.466 e. The molecule has 6 heteroatoms. The van der Waals surface area contributed by atoms with Crippen LogP contribution < -0.4 is 4.74 Å². The molecular weight excluding hydrogens is 393 g/mol. The molecule has 3 heterocycles. The van der Waals surface area contributed by atoms with Gasteiger partial charge >= 0.3 is 0 Å². The van der Waals surface area contributed by atoms with E-state index in [1.54, 1.807) is 6.07 Å². The van der Waals surface area contributed by atoms with Crippen LogP contribution in [0.15, 0.2) is 47.6 Å². The van der Waals surface area contributed by atoms with Gasteiger partial charge < -0.3 is 9.64 Å². The van der Waals surface area contributed by atoms with Gasteiger partial charge in [0.15, 0.2) is 0 Å². The molecule has 2 aromatic rings. The molecule has 0 radical (unpaired) electrons. The van der Waals surface area contributed by atoms with E-state index in [9.17, 15) is 0 Å². The van der Waals surface area contributed by atoms with Crippen LogP contribution in [0, 0.1) is 0 Å². The fraction of sp³-hybridized carbons (Fsp3) is 0.409. The lowest BCUT2D eigenvalue weighted by Crippen LogP contribution is -2.59. The van der Waals surface area contributed by atoms with Gasteiger partial charge in [-0.2, -0.15) is 5.10 Å². The highest BCUT2D eigenvalue weighted by molar-refractivity contribution is 6.37. The zero-order valence-corrected chi connectivity index (χ0v) is 17.4. The normalized spacial score (nSPS) is 23.2. The van der Waals surface area contributed by atoms with E-state index in [4.69, 9.17) is 33.0 Å². The highest BCUT2D eigenvalue weighted by atomic mass is 35.5. The summed E-state index contributed by atoms with van der Waals surface area (Å²) in [6.07, 6.45) is 2.70. The van der Waals surface area contributed by atoms with Crippen molar-refractivity contribution in [2.45, 2.75) is 38.0 Å². The maximum Gasteiger partial charge on any atom is 0.200 e. The first-order valence-electron chi connectivity index (χ1n) is 9.92. The van der Waals surface area contributed by atoms with Gasteiger partial charge in [0.25, 0.3) is 0 Å². The van der Waals surface area contributed by atoms with E-state index < -0.39 is 0 Å². The first-order valence-corrected chi connectivity index (χ1v) is 10.7. The molecule has 4 nitrogen and oxygen atoms in total. The zero-order valence-electron chi connectivity index (χ0n) is 15.9. The lowest BCUT2D eigenvalue weighted by molar-refractivity contribution is -0.149. The van der Waals surface area contributed by atoms with Gasteiger partial charge in [-0.1, -0.05) is 54.4 Å². The summed E-state index contributed by atoms with van der Waals surface area (Å²) in [5.41, 5.74) is 2.78. The van der Waals surface area contributed by atoms with Crippen molar-refractivity contribution >= 4 is 28.9 Å². The molecule has 3 aliphatic rings. The fourth-order valence-corrected chi connectivity index (χ4v) is 5.18. The minimum atomic E-state index is -0.384. The van der Waals surface area contributed by atoms with Gasteiger partial charge in [-0.15, -0.1) is 0 Å². The number of rotatable bonds is 2. The Hall–Kier alpha value is -1.75. The molecule has 1 spiro atoms. The van der Waals surface area contributed by atoms with E-state index in [2.05, 4.69) is 41.1 Å². The summed E-state index contributed by atoms with van der Waals surface area (Å²) in [7, 11) is 0. The molecule has 0 bridgehead atoms. The van der Waals surface area contributed by atoms with E-state index in [0.717, 1.165) is 55.9 Å². The second-order valence-corrected chi connectivity index (χ2v) is 8.60. The highest BCUT2D eigenvalue weighted by Crippen LogP contribution is 2.50. The number of hydrazone groups is 1. The number of benzene rings is 2. The molecule has 1 fully saturated rings. The van der Waals surface area contributed by atoms with Crippen LogP contribution in [0.1, 0.15) is 43.4 Å². The van der Waals surface area contributed by atoms with Gasteiger partial charge in [0.05, 0.1) is 16.8 Å². The Kier molecular flexibility index (Phi) is 4.53. The number of para-hydroxylation sites is 1. The van der Waals surface area contributed by atoms with Crippen LogP contribution >= 0.6 is 23.2 Å². The third-order valence-electron chi connectivity index (χ3n) is 6.23. The van der Waals surface area contributed by atoms with Crippen LogP contribution in [-0.2, 0) is 0 Å². The first-order chi connectivity index (χ1) is 13.6. The van der Waals surface area contributed by atoms with Gasteiger partial charge in [-0.05, 0) is 24.7 Å². The lowest BCUT2D eigenvalue weighted by Gasteiger charge is -2.51. The van der Waals surface area contributed by atoms with Crippen LogP contribution in [0.5, 0.6) is 5.75 Å². The number of hydrogen-bond donors (Lipinski definition) is 0. The summed E-state index contributed by atoms with van der Waals surface area (Å²) in [6.45, 7) is 5.33. The van der Waals surface area contributed by atoms with Crippen molar-refractivity contribution < 1.29 is 4.74 Å². The minimum absolute atomic E-state index is 0.180. The molecule has 0 amide bonds. The number of halogens is 2. The lowest BCUT2D eigenvalue weighted by atomic mass is 9.90. The van der Waals surface area contributed by atoms with Crippen LogP contribution in [0.4, 0.5) is 0 Å². The molecule has 5 rings (SSSR count).